The van der Waals surface area contributed by atoms with Gasteiger partial charge in [0.2, 0.25) is 0 Å². The number of halogens is 2. The maximum atomic E-state index is 14.7. The van der Waals surface area contributed by atoms with Gasteiger partial charge in [-0.2, -0.15) is 0 Å². The van der Waals surface area contributed by atoms with Gasteiger partial charge in [-0.05, 0) is 38.2 Å². The molecular weight excluding hydrogens is 394 g/mol. The zero-order valence-electron chi connectivity index (χ0n) is 17.6. The third kappa shape index (κ3) is 5.92. The molecule has 0 saturated carbocycles. The third-order valence-corrected chi connectivity index (χ3v) is 4.96. The normalized spacial score (nSPS) is 12.3. The highest BCUT2D eigenvalue weighted by Crippen LogP contribution is 2.27. The van der Waals surface area contributed by atoms with Gasteiger partial charge >= 0.3 is 0 Å². The van der Waals surface area contributed by atoms with Crippen molar-refractivity contribution < 1.29 is 13.9 Å². The Balaban J connectivity index is 1.74. The summed E-state index contributed by atoms with van der Waals surface area (Å²) >= 11 is 0. The van der Waals surface area contributed by atoms with Crippen molar-refractivity contribution in [2.45, 2.75) is 38.7 Å². The van der Waals surface area contributed by atoms with Crippen molar-refractivity contribution >= 4 is 6.08 Å². The van der Waals surface area contributed by atoms with Crippen LogP contribution in [0.4, 0.5) is 8.78 Å². The van der Waals surface area contributed by atoms with E-state index in [1.165, 1.54) is 18.5 Å². The van der Waals surface area contributed by atoms with Gasteiger partial charge in [-0.15, -0.1) is 6.58 Å². The van der Waals surface area contributed by atoms with Gasteiger partial charge in [0.25, 0.3) is 0 Å². The summed E-state index contributed by atoms with van der Waals surface area (Å²) < 4.78 is 29.2. The van der Waals surface area contributed by atoms with Crippen molar-refractivity contribution in [3.8, 4) is 22.5 Å². The molecule has 31 heavy (non-hydrogen) atoms. The molecule has 0 fully saturated rings. The van der Waals surface area contributed by atoms with Gasteiger partial charge < -0.3 is 5.11 Å². The highest BCUT2D eigenvalue weighted by Gasteiger charge is 2.14. The first-order valence-corrected chi connectivity index (χ1v) is 10.3. The molecule has 0 radical (unpaired) electrons. The van der Waals surface area contributed by atoms with Gasteiger partial charge in [-0.3, -0.25) is 0 Å². The monoisotopic (exact) mass is 420 g/mol. The van der Waals surface area contributed by atoms with Crippen molar-refractivity contribution in [3.63, 3.8) is 0 Å². The van der Waals surface area contributed by atoms with Crippen LogP contribution in [0.5, 0.6) is 0 Å². The minimum Gasteiger partial charge on any atom is -0.393 e. The number of rotatable bonds is 9. The van der Waals surface area contributed by atoms with E-state index >= 15 is 0 Å². The number of hydrogen-bond donors (Lipinski definition) is 1. The van der Waals surface area contributed by atoms with E-state index in [4.69, 9.17) is 0 Å². The van der Waals surface area contributed by atoms with E-state index < -0.39 is 11.6 Å². The molecule has 1 aromatic heterocycles. The summed E-state index contributed by atoms with van der Waals surface area (Å²) in [5.41, 5.74) is 2.72. The Kier molecular flexibility index (Phi) is 7.79. The maximum Gasteiger partial charge on any atom is 0.167 e. The van der Waals surface area contributed by atoms with Crippen molar-refractivity contribution in [2.75, 3.05) is 0 Å². The quantitative estimate of drug-likeness (QED) is 0.323. The van der Waals surface area contributed by atoms with Gasteiger partial charge in [-0.1, -0.05) is 54.6 Å². The lowest BCUT2D eigenvalue weighted by atomic mass is 10.0. The van der Waals surface area contributed by atoms with Gasteiger partial charge in [-0.25, -0.2) is 18.7 Å². The van der Waals surface area contributed by atoms with Gasteiger partial charge in [0.05, 0.1) is 6.10 Å². The number of nitrogens with zero attached hydrogens (tertiary/aromatic N) is 2. The van der Waals surface area contributed by atoms with Crippen LogP contribution in [0.15, 0.2) is 67.5 Å². The Labute approximate surface area is 181 Å². The highest BCUT2D eigenvalue weighted by atomic mass is 19.2. The second-order valence-electron chi connectivity index (χ2n) is 7.50. The Bertz CT molecular complexity index is 1040. The number of allylic oxidation sites excluding steroid dienone is 2. The van der Waals surface area contributed by atoms with E-state index in [-0.39, 0.29) is 17.2 Å². The molecule has 1 heterocycles. The molecule has 0 aliphatic rings. The lowest BCUT2D eigenvalue weighted by Crippen LogP contribution is -1.97. The summed E-state index contributed by atoms with van der Waals surface area (Å²) in [5, 5.41) is 9.25. The van der Waals surface area contributed by atoms with Crippen molar-refractivity contribution in [2.24, 2.45) is 0 Å². The fraction of sp³-hybridized carbons (Fsp3) is 0.231. The van der Waals surface area contributed by atoms with Crippen LogP contribution in [0, 0.1) is 11.6 Å². The predicted molar refractivity (Wildman–Crippen MR) is 121 cm³/mol. The molecule has 3 rings (SSSR count). The summed E-state index contributed by atoms with van der Waals surface area (Å²) in [6.45, 7) is 5.46. The number of benzene rings is 2. The number of aromatic nitrogens is 2. The Hall–Kier alpha value is -3.18. The van der Waals surface area contributed by atoms with E-state index in [0.29, 0.717) is 24.2 Å². The van der Waals surface area contributed by atoms with Crippen LogP contribution in [0.3, 0.4) is 0 Å². The average Bonchev–Trinajstić information content (AvgIpc) is 2.77. The highest BCUT2D eigenvalue weighted by molar-refractivity contribution is 5.67. The first-order chi connectivity index (χ1) is 15.0. The molecule has 160 valence electrons. The molecule has 2 aromatic carbocycles. The summed E-state index contributed by atoms with van der Waals surface area (Å²) in [4.78, 5) is 8.65. The average molecular weight is 421 g/mol. The lowest BCUT2D eigenvalue weighted by molar-refractivity contribution is 0.182. The summed E-state index contributed by atoms with van der Waals surface area (Å²) in [7, 11) is 0. The van der Waals surface area contributed by atoms with Gasteiger partial charge in [0.1, 0.15) is 0 Å². The van der Waals surface area contributed by atoms with Gasteiger partial charge in [0.15, 0.2) is 17.5 Å². The third-order valence-electron chi connectivity index (χ3n) is 4.96. The molecule has 1 atom stereocenters. The summed E-state index contributed by atoms with van der Waals surface area (Å²) in [5.74, 6) is -1.30. The van der Waals surface area contributed by atoms with E-state index in [1.807, 2.05) is 30.3 Å². The summed E-state index contributed by atoms with van der Waals surface area (Å²) in [6.07, 6.45) is 10.8. The maximum absolute atomic E-state index is 14.7. The fourth-order valence-corrected chi connectivity index (χ4v) is 3.23. The SMILES string of the molecule is C=CCc1ccc(-c2ncc(-c3ccc(C=CCCCC(C)O)c(F)c3F)cn2)cc1. The van der Waals surface area contributed by atoms with E-state index in [0.717, 1.165) is 24.0 Å². The Morgan fingerprint density at radius 2 is 1.71 bits per heavy atom. The lowest BCUT2D eigenvalue weighted by Gasteiger charge is -2.07. The first-order valence-electron chi connectivity index (χ1n) is 10.3. The van der Waals surface area contributed by atoms with Crippen LogP contribution in [-0.4, -0.2) is 21.2 Å². The summed E-state index contributed by atoms with van der Waals surface area (Å²) in [6, 6.07) is 10.9. The van der Waals surface area contributed by atoms with Gasteiger partial charge in [0, 0.05) is 34.6 Å². The Morgan fingerprint density at radius 1 is 1.00 bits per heavy atom. The topological polar surface area (TPSA) is 46.0 Å². The molecule has 0 aliphatic heterocycles. The smallest absolute Gasteiger partial charge is 0.167 e. The van der Waals surface area contributed by atoms with Crippen LogP contribution in [-0.2, 0) is 6.42 Å². The van der Waals surface area contributed by atoms with Crippen LogP contribution < -0.4 is 0 Å². The second-order valence-corrected chi connectivity index (χ2v) is 7.50. The van der Waals surface area contributed by atoms with Crippen LogP contribution in [0.2, 0.25) is 0 Å². The molecule has 5 heteroatoms. The van der Waals surface area contributed by atoms with Crippen molar-refractivity contribution in [1.82, 2.24) is 9.97 Å². The number of unbranched alkanes of at least 4 members (excludes halogenated alkanes) is 1. The minimum atomic E-state index is -0.920. The molecule has 0 saturated heterocycles. The fourth-order valence-electron chi connectivity index (χ4n) is 3.23. The minimum absolute atomic E-state index is 0.122. The van der Waals surface area contributed by atoms with Crippen molar-refractivity contribution in [1.29, 1.82) is 0 Å². The molecule has 1 unspecified atom stereocenters. The zero-order valence-corrected chi connectivity index (χ0v) is 17.6. The Morgan fingerprint density at radius 3 is 2.35 bits per heavy atom. The first kappa shape index (κ1) is 22.5. The van der Waals surface area contributed by atoms with Crippen LogP contribution in [0.25, 0.3) is 28.6 Å². The number of hydrogen-bond acceptors (Lipinski definition) is 3. The molecule has 0 amide bonds. The van der Waals surface area contributed by atoms with E-state index in [9.17, 15) is 13.9 Å². The molecule has 0 bridgehead atoms. The molecule has 0 aliphatic carbocycles. The molecule has 3 nitrogen and oxygen atoms in total. The zero-order chi connectivity index (χ0) is 22.2. The standard InChI is InChI=1S/C26H26F2N2O/c1-3-7-19-10-12-21(13-11-19)26-29-16-22(17-30-26)23-15-14-20(24(27)25(23)28)9-6-4-5-8-18(2)31/h3,6,9-18,31H,1,4-5,7-8H2,2H3. The number of aliphatic hydroxyl groups excluding tert-OH is 1. The molecule has 0 spiro atoms. The van der Waals surface area contributed by atoms with Crippen molar-refractivity contribution in [3.05, 3.63) is 90.3 Å². The van der Waals surface area contributed by atoms with Crippen LogP contribution in [0.1, 0.15) is 37.3 Å². The van der Waals surface area contributed by atoms with E-state index in [2.05, 4.69) is 16.5 Å². The molecule has 1 N–H and O–H groups in total. The van der Waals surface area contributed by atoms with E-state index in [1.54, 1.807) is 25.1 Å². The number of aliphatic hydroxyl groups is 1. The molecular formula is C26H26F2N2O. The molecule has 3 aromatic rings. The second kappa shape index (κ2) is 10.7. The van der Waals surface area contributed by atoms with Crippen LogP contribution >= 0.6 is 0 Å². The predicted octanol–water partition coefficient (Wildman–Crippen LogP) is 6.38. The largest absolute Gasteiger partial charge is 0.393 e.